The van der Waals surface area contributed by atoms with Crippen LogP contribution >= 0.6 is 0 Å². The van der Waals surface area contributed by atoms with E-state index in [1.807, 2.05) is 33.0 Å². The minimum absolute atomic E-state index is 0.113. The fourth-order valence-corrected chi connectivity index (χ4v) is 12.2. The molecular weight excluding hydrogens is 454 g/mol. The van der Waals surface area contributed by atoms with E-state index < -0.39 is 13.8 Å². The molecule has 2 aromatic rings. The van der Waals surface area contributed by atoms with Crippen LogP contribution in [0.25, 0.3) is 11.3 Å². The zero-order valence-corrected chi connectivity index (χ0v) is 24.1. The fourth-order valence-electron chi connectivity index (χ4n) is 5.98. The molecule has 35 heavy (non-hydrogen) atoms. The topological polar surface area (TPSA) is 72.3 Å². The van der Waals surface area contributed by atoms with E-state index in [9.17, 15) is 4.79 Å². The van der Waals surface area contributed by atoms with Gasteiger partial charge in [0.15, 0.2) is 8.24 Å². The monoisotopic (exact) mass is 499 g/mol. The number of amides is 1. The molecule has 3 heterocycles. The van der Waals surface area contributed by atoms with Crippen molar-refractivity contribution in [1.29, 1.82) is 0 Å². The molecule has 0 radical (unpaired) electrons. The van der Waals surface area contributed by atoms with Crippen molar-refractivity contribution >= 4 is 20.1 Å². The van der Waals surface area contributed by atoms with Gasteiger partial charge in [-0.15, -0.1) is 0 Å². The van der Waals surface area contributed by atoms with Crippen LogP contribution in [0.1, 0.15) is 75.2 Å². The van der Waals surface area contributed by atoms with Crippen LogP contribution in [0, 0.1) is 0 Å². The van der Waals surface area contributed by atoms with E-state index in [0.29, 0.717) is 23.2 Å². The summed E-state index contributed by atoms with van der Waals surface area (Å²) in [6, 6.07) is 6.29. The molecule has 3 rings (SSSR count). The second kappa shape index (κ2) is 10.7. The Kier molecular flexibility index (Phi) is 8.35. The largest absolute Gasteiger partial charge is 0.444 e. The van der Waals surface area contributed by atoms with Crippen LogP contribution in [0.3, 0.4) is 0 Å². The summed E-state index contributed by atoms with van der Waals surface area (Å²) in [6.07, 6.45) is 5.66. The Labute approximate surface area is 212 Å². The third-order valence-electron chi connectivity index (χ3n) is 7.26. The average Bonchev–Trinajstić information content (AvgIpc) is 3.22. The summed E-state index contributed by atoms with van der Waals surface area (Å²) < 4.78 is 7.92. The number of ether oxygens (including phenoxy) is 1. The Bertz CT molecular complexity index is 974. The van der Waals surface area contributed by atoms with E-state index >= 15 is 0 Å². The van der Waals surface area contributed by atoms with Gasteiger partial charge < -0.3 is 15.0 Å². The Balaban J connectivity index is 1.84. The van der Waals surface area contributed by atoms with Crippen molar-refractivity contribution in [1.82, 2.24) is 19.3 Å². The second-order valence-corrected chi connectivity index (χ2v) is 17.5. The predicted octanol–water partition coefficient (Wildman–Crippen LogP) is 6.78. The van der Waals surface area contributed by atoms with Crippen molar-refractivity contribution in [2.24, 2.45) is 0 Å². The molecule has 1 aliphatic rings. The van der Waals surface area contributed by atoms with Gasteiger partial charge in [-0.3, -0.25) is 4.35 Å². The maximum Gasteiger partial charge on any atom is 0.410 e. The van der Waals surface area contributed by atoms with Gasteiger partial charge in [-0.2, -0.15) is 5.10 Å². The lowest BCUT2D eigenvalue weighted by molar-refractivity contribution is 0.0206. The molecular formula is C27H45N5O2Si. The number of hydrogen-bond acceptors (Lipinski definition) is 5. The third-order valence-corrected chi connectivity index (χ3v) is 13.8. The molecule has 0 bridgehead atoms. The first-order valence-corrected chi connectivity index (χ1v) is 15.3. The molecule has 0 spiro atoms. The van der Waals surface area contributed by atoms with Gasteiger partial charge in [-0.1, -0.05) is 41.5 Å². The van der Waals surface area contributed by atoms with Crippen LogP contribution in [0.4, 0.5) is 10.6 Å². The highest BCUT2D eigenvalue weighted by atomic mass is 28.3. The van der Waals surface area contributed by atoms with E-state index in [1.54, 1.807) is 4.90 Å². The van der Waals surface area contributed by atoms with Crippen LogP contribution in [-0.4, -0.2) is 58.4 Å². The van der Waals surface area contributed by atoms with E-state index in [1.165, 1.54) is 0 Å². The smallest absolute Gasteiger partial charge is 0.410 e. The SMILES string of the molecule is CC(C)[Si](C(C)C)(C(C)C)n1ccc(-c2cccnc2N[C@@H]2CCCN(C(=O)OC(C)(C)C)C2)n1. The molecule has 0 saturated carbocycles. The highest BCUT2D eigenvalue weighted by Crippen LogP contribution is 2.42. The molecule has 0 aliphatic carbocycles. The van der Waals surface area contributed by atoms with Gasteiger partial charge in [-0.05, 0) is 68.4 Å². The van der Waals surface area contributed by atoms with Gasteiger partial charge in [0, 0.05) is 37.1 Å². The summed E-state index contributed by atoms with van der Waals surface area (Å²) >= 11 is 0. The number of piperidine rings is 1. The number of aromatic nitrogens is 3. The average molecular weight is 500 g/mol. The first-order chi connectivity index (χ1) is 16.4. The van der Waals surface area contributed by atoms with Crippen molar-refractivity contribution in [2.45, 2.75) is 103 Å². The Morgan fingerprint density at radius 3 is 2.37 bits per heavy atom. The van der Waals surface area contributed by atoms with E-state index in [0.717, 1.165) is 36.5 Å². The number of rotatable bonds is 7. The van der Waals surface area contributed by atoms with Gasteiger partial charge in [-0.25, -0.2) is 9.78 Å². The maximum atomic E-state index is 12.6. The summed E-state index contributed by atoms with van der Waals surface area (Å²) in [4.78, 5) is 19.1. The van der Waals surface area contributed by atoms with Crippen molar-refractivity contribution in [2.75, 3.05) is 18.4 Å². The molecule has 1 fully saturated rings. The van der Waals surface area contributed by atoms with Crippen molar-refractivity contribution in [3.63, 3.8) is 0 Å². The van der Waals surface area contributed by atoms with Gasteiger partial charge >= 0.3 is 6.09 Å². The number of anilines is 1. The molecule has 194 valence electrons. The number of nitrogens with zero attached hydrogens (tertiary/aromatic N) is 4. The number of nitrogens with one attached hydrogen (secondary N) is 1. The van der Waals surface area contributed by atoms with Crippen molar-refractivity contribution in [3.05, 3.63) is 30.6 Å². The summed E-state index contributed by atoms with van der Waals surface area (Å²) in [5.74, 6) is 0.819. The maximum absolute atomic E-state index is 12.6. The molecule has 2 aromatic heterocycles. The molecule has 7 nitrogen and oxygen atoms in total. The fraction of sp³-hybridized carbons (Fsp3) is 0.667. The van der Waals surface area contributed by atoms with Crippen LogP contribution in [0.2, 0.25) is 16.6 Å². The molecule has 1 N–H and O–H groups in total. The first kappa shape index (κ1) is 27.2. The van der Waals surface area contributed by atoms with E-state index in [4.69, 9.17) is 9.84 Å². The van der Waals surface area contributed by atoms with E-state index in [2.05, 4.69) is 74.5 Å². The van der Waals surface area contributed by atoms with E-state index in [-0.39, 0.29) is 12.1 Å². The lowest BCUT2D eigenvalue weighted by Crippen LogP contribution is -2.52. The molecule has 1 atom stereocenters. The zero-order valence-electron chi connectivity index (χ0n) is 23.1. The zero-order chi connectivity index (χ0) is 26.0. The minimum Gasteiger partial charge on any atom is -0.444 e. The van der Waals surface area contributed by atoms with Crippen molar-refractivity contribution in [3.8, 4) is 11.3 Å². The molecule has 0 aromatic carbocycles. The Morgan fingerprint density at radius 1 is 1.11 bits per heavy atom. The third kappa shape index (κ3) is 5.90. The van der Waals surface area contributed by atoms with Gasteiger partial charge in [0.2, 0.25) is 0 Å². The second-order valence-electron chi connectivity index (χ2n) is 11.8. The summed E-state index contributed by atoms with van der Waals surface area (Å²) in [5.41, 5.74) is 3.16. The first-order valence-electron chi connectivity index (χ1n) is 13.1. The molecule has 0 unspecified atom stereocenters. The van der Waals surface area contributed by atoms with Crippen molar-refractivity contribution < 1.29 is 9.53 Å². The number of hydrogen-bond donors (Lipinski definition) is 1. The number of carbonyl (C=O) groups is 1. The van der Waals surface area contributed by atoms with Crippen LogP contribution < -0.4 is 5.32 Å². The normalized spacial score (nSPS) is 17.4. The lowest BCUT2D eigenvalue weighted by Gasteiger charge is -2.42. The number of likely N-dealkylation sites (tertiary alicyclic amines) is 1. The van der Waals surface area contributed by atoms with Gasteiger partial charge in [0.25, 0.3) is 0 Å². The van der Waals surface area contributed by atoms with Crippen LogP contribution in [0.5, 0.6) is 0 Å². The molecule has 1 saturated heterocycles. The lowest BCUT2D eigenvalue weighted by atomic mass is 10.1. The Morgan fingerprint density at radius 2 is 1.77 bits per heavy atom. The quantitative estimate of drug-likeness (QED) is 0.425. The highest BCUT2D eigenvalue weighted by molar-refractivity contribution is 6.81. The molecule has 1 amide bonds. The standard InChI is InChI=1S/C27H45N5O2Si/c1-19(2)35(20(3)4,21(5)6)32-17-14-24(30-32)23-13-10-15-28-25(23)29-22-12-11-16-31(18-22)26(33)34-27(7,8)9/h10,13-15,17,19-22H,11-12,16,18H2,1-9H3,(H,28,29)/t22-/m1/s1. The summed E-state index contributed by atoms with van der Waals surface area (Å²) in [5, 5.41) is 8.78. The van der Waals surface area contributed by atoms with Gasteiger partial charge in [0.05, 0.1) is 5.69 Å². The van der Waals surface area contributed by atoms with Gasteiger partial charge in [0.1, 0.15) is 11.4 Å². The van der Waals surface area contributed by atoms with Crippen LogP contribution in [0.15, 0.2) is 30.6 Å². The predicted molar refractivity (Wildman–Crippen MR) is 146 cm³/mol. The Hall–Kier alpha value is -2.35. The summed E-state index contributed by atoms with van der Waals surface area (Å²) in [6.45, 7) is 21.1. The summed E-state index contributed by atoms with van der Waals surface area (Å²) in [7, 11) is -1.91. The number of carbonyl (C=O) groups excluding carboxylic acids is 1. The van der Waals surface area contributed by atoms with Crippen LogP contribution in [-0.2, 0) is 4.74 Å². The number of pyridine rings is 1. The molecule has 8 heteroatoms. The minimum atomic E-state index is -1.91. The highest BCUT2D eigenvalue weighted by Gasteiger charge is 2.46. The molecule has 1 aliphatic heterocycles.